The second-order valence-corrected chi connectivity index (χ2v) is 9.20. The van der Waals surface area contributed by atoms with E-state index in [1.807, 2.05) is 31.2 Å². The minimum atomic E-state index is -3.67. The highest BCUT2D eigenvalue weighted by Crippen LogP contribution is 2.24. The summed E-state index contributed by atoms with van der Waals surface area (Å²) in [6, 6.07) is 14.5. The van der Waals surface area contributed by atoms with Crippen molar-refractivity contribution < 1.29 is 8.42 Å². The van der Waals surface area contributed by atoms with Gasteiger partial charge in [0.2, 0.25) is 5.95 Å². The fourth-order valence-corrected chi connectivity index (χ4v) is 5.14. The predicted molar refractivity (Wildman–Crippen MR) is 122 cm³/mol. The lowest BCUT2D eigenvalue weighted by atomic mass is 10.1. The van der Waals surface area contributed by atoms with Crippen LogP contribution in [0.2, 0.25) is 0 Å². The second kappa shape index (κ2) is 9.30. The van der Waals surface area contributed by atoms with Gasteiger partial charge in [-0.15, -0.1) is 0 Å². The molecule has 0 bridgehead atoms. The van der Waals surface area contributed by atoms with E-state index in [4.69, 9.17) is 0 Å². The number of para-hydroxylation sites is 1. The molecule has 162 valence electrons. The Morgan fingerprint density at radius 2 is 1.71 bits per heavy atom. The van der Waals surface area contributed by atoms with Crippen LogP contribution in [-0.2, 0) is 10.0 Å². The molecule has 0 spiro atoms. The number of piperidine rings is 1. The minimum absolute atomic E-state index is 0.180. The number of anilines is 3. The number of hydrogen-bond acceptors (Lipinski definition) is 7. The minimum Gasteiger partial charge on any atom is -0.367 e. The first-order valence-electron chi connectivity index (χ1n) is 10.4. The Bertz CT molecular complexity index is 1070. The van der Waals surface area contributed by atoms with Gasteiger partial charge in [-0.2, -0.15) is 0 Å². The van der Waals surface area contributed by atoms with Crippen molar-refractivity contribution in [3.8, 4) is 0 Å². The Balaban J connectivity index is 1.39. The van der Waals surface area contributed by atoms with Crippen molar-refractivity contribution in [3.63, 3.8) is 0 Å². The number of benzene rings is 1. The van der Waals surface area contributed by atoms with E-state index in [0.29, 0.717) is 18.1 Å². The summed E-state index contributed by atoms with van der Waals surface area (Å²) in [5.41, 5.74) is 0.640. The molecule has 1 aromatic carbocycles. The molecule has 3 aromatic rings. The molecule has 0 atom stereocenters. The average Bonchev–Trinajstić information content (AvgIpc) is 2.81. The molecule has 9 heteroatoms. The molecule has 1 saturated heterocycles. The van der Waals surface area contributed by atoms with Crippen molar-refractivity contribution in [2.24, 2.45) is 0 Å². The highest BCUT2D eigenvalue weighted by atomic mass is 32.2. The fourth-order valence-electron chi connectivity index (χ4n) is 3.72. The van der Waals surface area contributed by atoms with Gasteiger partial charge in [-0.25, -0.2) is 23.4 Å². The number of pyridine rings is 1. The molecule has 0 aliphatic carbocycles. The molecule has 1 aliphatic heterocycles. The topological polar surface area (TPSA) is 91.3 Å². The normalized spacial score (nSPS) is 14.9. The highest BCUT2D eigenvalue weighted by Gasteiger charge is 2.25. The van der Waals surface area contributed by atoms with Crippen LogP contribution in [0.4, 0.5) is 17.5 Å². The first-order valence-corrected chi connectivity index (χ1v) is 11.8. The van der Waals surface area contributed by atoms with Gasteiger partial charge in [-0.1, -0.05) is 18.2 Å². The van der Waals surface area contributed by atoms with Gasteiger partial charge in [-0.3, -0.25) is 4.31 Å². The van der Waals surface area contributed by atoms with Crippen molar-refractivity contribution >= 4 is 27.5 Å². The van der Waals surface area contributed by atoms with Gasteiger partial charge in [0, 0.05) is 44.3 Å². The van der Waals surface area contributed by atoms with Crippen LogP contribution in [-0.4, -0.2) is 49.0 Å². The quantitative estimate of drug-likeness (QED) is 0.606. The lowest BCUT2D eigenvalue weighted by Crippen LogP contribution is -2.40. The molecule has 1 aliphatic rings. The third-order valence-electron chi connectivity index (χ3n) is 5.34. The lowest BCUT2D eigenvalue weighted by Gasteiger charge is -2.32. The van der Waals surface area contributed by atoms with Crippen molar-refractivity contribution in [2.45, 2.75) is 30.7 Å². The van der Waals surface area contributed by atoms with E-state index in [0.717, 1.165) is 31.9 Å². The summed E-state index contributed by atoms with van der Waals surface area (Å²) in [6.45, 7) is 3.88. The maximum absolute atomic E-state index is 13.1. The van der Waals surface area contributed by atoms with Gasteiger partial charge in [0.1, 0.15) is 10.7 Å². The highest BCUT2D eigenvalue weighted by molar-refractivity contribution is 7.92. The number of hydrogen-bond donors (Lipinski definition) is 1. The Kier molecular flexibility index (Phi) is 6.31. The van der Waals surface area contributed by atoms with Crippen molar-refractivity contribution in [1.29, 1.82) is 0 Å². The largest absolute Gasteiger partial charge is 0.367 e. The van der Waals surface area contributed by atoms with Crippen molar-refractivity contribution in [3.05, 3.63) is 67.1 Å². The van der Waals surface area contributed by atoms with Gasteiger partial charge in [0.05, 0.1) is 5.69 Å². The van der Waals surface area contributed by atoms with Gasteiger partial charge in [-0.05, 0) is 50.1 Å². The van der Waals surface area contributed by atoms with Crippen LogP contribution in [0.3, 0.4) is 0 Å². The molecule has 0 amide bonds. The van der Waals surface area contributed by atoms with Crippen LogP contribution in [0.15, 0.2) is 72.0 Å². The smallest absolute Gasteiger partial charge is 0.265 e. The van der Waals surface area contributed by atoms with Crippen molar-refractivity contribution in [1.82, 2.24) is 15.0 Å². The molecule has 4 rings (SSSR count). The molecular formula is C22H26N6O2S. The number of nitrogens with one attached hydrogen (secondary N) is 1. The zero-order valence-electron chi connectivity index (χ0n) is 17.4. The van der Waals surface area contributed by atoms with Crippen LogP contribution >= 0.6 is 0 Å². The van der Waals surface area contributed by atoms with Gasteiger partial charge < -0.3 is 10.2 Å². The first-order chi connectivity index (χ1) is 15.1. The summed E-state index contributed by atoms with van der Waals surface area (Å²) in [5, 5.41) is 3.42. The molecule has 1 fully saturated rings. The Hall–Kier alpha value is -3.20. The molecule has 8 nitrogen and oxygen atoms in total. The molecular weight excluding hydrogens is 412 g/mol. The summed E-state index contributed by atoms with van der Waals surface area (Å²) in [4.78, 5) is 15.3. The van der Waals surface area contributed by atoms with Crippen LogP contribution < -0.4 is 14.5 Å². The maximum Gasteiger partial charge on any atom is 0.265 e. The van der Waals surface area contributed by atoms with Crippen LogP contribution in [0.1, 0.15) is 19.8 Å². The molecule has 2 aromatic heterocycles. The molecule has 31 heavy (non-hydrogen) atoms. The number of sulfonamides is 1. The van der Waals surface area contributed by atoms with E-state index < -0.39 is 10.0 Å². The summed E-state index contributed by atoms with van der Waals surface area (Å²) in [5.74, 6) is 1.43. The molecule has 3 heterocycles. The number of nitrogens with zero attached hydrogens (tertiary/aromatic N) is 5. The van der Waals surface area contributed by atoms with E-state index in [2.05, 4.69) is 25.2 Å². The standard InChI is InChI=1S/C22H26N6O2S/c1-2-28(19-7-4-3-5-8-19)31(29,30)20-9-10-21(25-17-20)26-18-11-15-27(16-12-18)22-23-13-6-14-24-22/h3-10,13-14,17-18H,2,11-12,15-16H2,1H3,(H,25,26). The van der Waals surface area contributed by atoms with E-state index in [-0.39, 0.29) is 10.9 Å². The fraction of sp³-hybridized carbons (Fsp3) is 0.318. The van der Waals surface area contributed by atoms with E-state index >= 15 is 0 Å². The third-order valence-corrected chi connectivity index (χ3v) is 7.22. The van der Waals surface area contributed by atoms with E-state index in [9.17, 15) is 8.42 Å². The number of aromatic nitrogens is 3. The number of rotatable bonds is 7. The first kappa shape index (κ1) is 21.0. The Labute approximate surface area is 183 Å². The predicted octanol–water partition coefficient (Wildman–Crippen LogP) is 3.17. The van der Waals surface area contributed by atoms with Crippen molar-refractivity contribution in [2.75, 3.05) is 34.2 Å². The Morgan fingerprint density at radius 1 is 1.00 bits per heavy atom. The molecule has 0 unspecified atom stereocenters. The molecule has 0 saturated carbocycles. The van der Waals surface area contributed by atoms with Gasteiger partial charge in [0.25, 0.3) is 10.0 Å². The van der Waals surface area contributed by atoms with Crippen LogP contribution in [0.25, 0.3) is 0 Å². The monoisotopic (exact) mass is 438 g/mol. The molecule has 1 N–H and O–H groups in total. The van der Waals surface area contributed by atoms with Crippen LogP contribution in [0, 0.1) is 0 Å². The van der Waals surface area contributed by atoms with Crippen LogP contribution in [0.5, 0.6) is 0 Å². The summed E-state index contributed by atoms with van der Waals surface area (Å²) >= 11 is 0. The Morgan fingerprint density at radius 3 is 2.32 bits per heavy atom. The maximum atomic E-state index is 13.1. The summed E-state index contributed by atoms with van der Waals surface area (Å²) in [7, 11) is -3.67. The van der Waals surface area contributed by atoms with E-state index in [1.54, 1.807) is 36.7 Å². The lowest BCUT2D eigenvalue weighted by molar-refractivity contribution is 0.518. The zero-order valence-corrected chi connectivity index (χ0v) is 18.2. The van der Waals surface area contributed by atoms with Gasteiger partial charge >= 0.3 is 0 Å². The summed E-state index contributed by atoms with van der Waals surface area (Å²) < 4.78 is 27.6. The molecule has 0 radical (unpaired) electrons. The average molecular weight is 439 g/mol. The summed E-state index contributed by atoms with van der Waals surface area (Å²) in [6.07, 6.45) is 6.79. The van der Waals surface area contributed by atoms with E-state index in [1.165, 1.54) is 10.5 Å². The second-order valence-electron chi connectivity index (χ2n) is 7.34. The third kappa shape index (κ3) is 4.77. The van der Waals surface area contributed by atoms with Gasteiger partial charge in [0.15, 0.2) is 0 Å². The zero-order chi connectivity index (χ0) is 21.7. The SMILES string of the molecule is CCN(c1ccccc1)S(=O)(=O)c1ccc(NC2CCN(c3ncccn3)CC2)nc1.